The fourth-order valence-corrected chi connectivity index (χ4v) is 1.27. The highest BCUT2D eigenvalue weighted by Gasteiger charge is 2.21. The summed E-state index contributed by atoms with van der Waals surface area (Å²) in [5.41, 5.74) is 0.118. The lowest BCUT2D eigenvalue weighted by atomic mass is 9.95. The second kappa shape index (κ2) is 3.70. The third kappa shape index (κ3) is 1.84. The first-order chi connectivity index (χ1) is 5.65. The van der Waals surface area contributed by atoms with Crippen LogP contribution in [0.5, 0.6) is 0 Å². The molecule has 0 amide bonds. The van der Waals surface area contributed by atoms with E-state index in [0.29, 0.717) is 12.2 Å². The standard InChI is InChI=1S/C9H12F2O/c1-6-3-4-8(12-2)7(5-6)9(10)11/h3-4,6,9H,5H2,1-2H3. The van der Waals surface area contributed by atoms with Gasteiger partial charge >= 0.3 is 0 Å². The molecule has 0 saturated carbocycles. The monoisotopic (exact) mass is 174 g/mol. The first kappa shape index (κ1) is 9.23. The summed E-state index contributed by atoms with van der Waals surface area (Å²) >= 11 is 0. The Morgan fingerprint density at radius 2 is 2.25 bits per heavy atom. The topological polar surface area (TPSA) is 9.23 Å². The smallest absolute Gasteiger partial charge is 0.263 e. The highest BCUT2D eigenvalue weighted by atomic mass is 19.3. The maximum atomic E-state index is 12.4. The van der Waals surface area contributed by atoms with E-state index in [4.69, 9.17) is 4.74 Å². The lowest BCUT2D eigenvalue weighted by molar-refractivity contribution is 0.168. The minimum absolute atomic E-state index is 0.118. The Morgan fingerprint density at radius 3 is 2.75 bits per heavy atom. The first-order valence-corrected chi connectivity index (χ1v) is 3.88. The van der Waals surface area contributed by atoms with Gasteiger partial charge in [-0.1, -0.05) is 13.0 Å². The fraction of sp³-hybridized carbons (Fsp3) is 0.556. The molecule has 3 heteroatoms. The van der Waals surface area contributed by atoms with E-state index in [1.165, 1.54) is 7.11 Å². The van der Waals surface area contributed by atoms with E-state index in [9.17, 15) is 8.78 Å². The summed E-state index contributed by atoms with van der Waals surface area (Å²) in [7, 11) is 1.41. The quantitative estimate of drug-likeness (QED) is 0.625. The van der Waals surface area contributed by atoms with Gasteiger partial charge in [-0.25, -0.2) is 8.78 Å². The number of halogens is 2. The van der Waals surface area contributed by atoms with Crippen molar-refractivity contribution in [3.8, 4) is 0 Å². The van der Waals surface area contributed by atoms with Gasteiger partial charge in [0.1, 0.15) is 5.76 Å². The van der Waals surface area contributed by atoms with Gasteiger partial charge in [0.15, 0.2) is 0 Å². The minimum atomic E-state index is -2.40. The van der Waals surface area contributed by atoms with Gasteiger partial charge in [0, 0.05) is 5.57 Å². The van der Waals surface area contributed by atoms with Crippen molar-refractivity contribution in [2.24, 2.45) is 5.92 Å². The van der Waals surface area contributed by atoms with E-state index >= 15 is 0 Å². The highest BCUT2D eigenvalue weighted by molar-refractivity contribution is 5.27. The SMILES string of the molecule is COC1=C(C(F)F)CC(C)C=C1. The molecule has 0 heterocycles. The Kier molecular flexibility index (Phi) is 2.84. The Balaban J connectivity index is 2.86. The normalized spacial score (nSPS) is 23.6. The molecule has 1 rings (SSSR count). The van der Waals surface area contributed by atoms with Gasteiger partial charge in [0.2, 0.25) is 0 Å². The first-order valence-electron chi connectivity index (χ1n) is 3.88. The maximum absolute atomic E-state index is 12.4. The molecular formula is C9H12F2O. The molecule has 0 aliphatic heterocycles. The van der Waals surface area contributed by atoms with Crippen LogP contribution in [0.25, 0.3) is 0 Å². The van der Waals surface area contributed by atoms with Crippen molar-refractivity contribution in [1.29, 1.82) is 0 Å². The Labute approximate surface area is 70.7 Å². The van der Waals surface area contributed by atoms with Crippen LogP contribution in [-0.2, 0) is 4.74 Å². The number of hydrogen-bond donors (Lipinski definition) is 0. The number of hydrogen-bond acceptors (Lipinski definition) is 1. The largest absolute Gasteiger partial charge is 0.497 e. The zero-order chi connectivity index (χ0) is 9.14. The minimum Gasteiger partial charge on any atom is -0.497 e. The van der Waals surface area contributed by atoms with Gasteiger partial charge in [0.25, 0.3) is 6.43 Å². The van der Waals surface area contributed by atoms with Crippen molar-refractivity contribution in [2.45, 2.75) is 19.8 Å². The van der Waals surface area contributed by atoms with Gasteiger partial charge < -0.3 is 4.74 Å². The van der Waals surface area contributed by atoms with Crippen molar-refractivity contribution in [3.05, 3.63) is 23.5 Å². The highest BCUT2D eigenvalue weighted by Crippen LogP contribution is 2.28. The zero-order valence-electron chi connectivity index (χ0n) is 7.18. The predicted octanol–water partition coefficient (Wildman–Crippen LogP) is 2.75. The number of alkyl halides is 2. The van der Waals surface area contributed by atoms with Crippen LogP contribution in [0.2, 0.25) is 0 Å². The van der Waals surface area contributed by atoms with Crippen molar-refractivity contribution in [2.75, 3.05) is 7.11 Å². The van der Waals surface area contributed by atoms with E-state index in [2.05, 4.69) is 0 Å². The van der Waals surface area contributed by atoms with Crippen LogP contribution in [0.15, 0.2) is 23.5 Å². The van der Waals surface area contributed by atoms with Crippen LogP contribution in [-0.4, -0.2) is 13.5 Å². The molecule has 0 aromatic rings. The number of allylic oxidation sites excluding steroid dienone is 3. The van der Waals surface area contributed by atoms with E-state index in [1.54, 1.807) is 6.08 Å². The van der Waals surface area contributed by atoms with E-state index in [0.717, 1.165) is 0 Å². The molecule has 1 nitrogen and oxygen atoms in total. The molecule has 1 atom stereocenters. The second-order valence-electron chi connectivity index (χ2n) is 2.93. The molecule has 12 heavy (non-hydrogen) atoms. The van der Waals surface area contributed by atoms with Crippen LogP contribution in [0.3, 0.4) is 0 Å². The Hall–Kier alpha value is -0.860. The third-order valence-corrected chi connectivity index (χ3v) is 1.92. The van der Waals surface area contributed by atoms with Gasteiger partial charge in [0.05, 0.1) is 7.11 Å². The molecule has 0 aromatic carbocycles. The number of ether oxygens (including phenoxy) is 1. The summed E-state index contributed by atoms with van der Waals surface area (Å²) in [6, 6.07) is 0. The Bertz CT molecular complexity index is 219. The maximum Gasteiger partial charge on any atom is 0.263 e. The molecular weight excluding hydrogens is 162 g/mol. The van der Waals surface area contributed by atoms with Crippen molar-refractivity contribution >= 4 is 0 Å². The number of rotatable bonds is 2. The van der Waals surface area contributed by atoms with Crippen LogP contribution in [0.1, 0.15) is 13.3 Å². The molecule has 0 bridgehead atoms. The van der Waals surface area contributed by atoms with Gasteiger partial charge in [-0.15, -0.1) is 0 Å². The second-order valence-corrected chi connectivity index (χ2v) is 2.93. The summed E-state index contributed by atoms with van der Waals surface area (Å²) in [5.74, 6) is 0.510. The summed E-state index contributed by atoms with van der Waals surface area (Å²) in [5, 5.41) is 0. The fourth-order valence-electron chi connectivity index (χ4n) is 1.27. The van der Waals surface area contributed by atoms with Crippen LogP contribution >= 0.6 is 0 Å². The summed E-state index contributed by atoms with van der Waals surface area (Å²) in [4.78, 5) is 0. The summed E-state index contributed by atoms with van der Waals surface area (Å²) < 4.78 is 29.5. The average Bonchev–Trinajstić information content (AvgIpc) is 2.04. The molecule has 1 aliphatic rings. The molecule has 0 aromatic heterocycles. The lowest BCUT2D eigenvalue weighted by Gasteiger charge is -2.18. The summed E-state index contributed by atoms with van der Waals surface area (Å²) in [6.07, 6.45) is 1.50. The van der Waals surface area contributed by atoms with E-state index < -0.39 is 6.43 Å². The van der Waals surface area contributed by atoms with Gasteiger partial charge in [-0.3, -0.25) is 0 Å². The molecule has 68 valence electrons. The Morgan fingerprint density at radius 1 is 1.58 bits per heavy atom. The molecule has 1 aliphatic carbocycles. The molecule has 0 radical (unpaired) electrons. The predicted molar refractivity (Wildman–Crippen MR) is 43.0 cm³/mol. The van der Waals surface area contributed by atoms with Crippen LogP contribution in [0, 0.1) is 5.92 Å². The molecule has 0 fully saturated rings. The van der Waals surface area contributed by atoms with Crippen molar-refractivity contribution in [3.63, 3.8) is 0 Å². The van der Waals surface area contributed by atoms with Crippen LogP contribution in [0.4, 0.5) is 8.78 Å². The summed E-state index contributed by atoms with van der Waals surface area (Å²) in [6.45, 7) is 1.91. The zero-order valence-corrected chi connectivity index (χ0v) is 7.18. The molecule has 0 spiro atoms. The number of methoxy groups -OCH3 is 1. The molecule has 1 unspecified atom stereocenters. The van der Waals surface area contributed by atoms with Gasteiger partial charge in [-0.05, 0) is 18.4 Å². The van der Waals surface area contributed by atoms with Crippen molar-refractivity contribution < 1.29 is 13.5 Å². The van der Waals surface area contributed by atoms with Crippen molar-refractivity contribution in [1.82, 2.24) is 0 Å². The van der Waals surface area contributed by atoms with Gasteiger partial charge in [-0.2, -0.15) is 0 Å². The molecule has 0 N–H and O–H groups in total. The van der Waals surface area contributed by atoms with E-state index in [-0.39, 0.29) is 11.5 Å². The third-order valence-electron chi connectivity index (χ3n) is 1.92. The van der Waals surface area contributed by atoms with Crippen LogP contribution < -0.4 is 0 Å². The average molecular weight is 174 g/mol. The van der Waals surface area contributed by atoms with E-state index in [1.807, 2.05) is 13.0 Å². The molecule has 0 saturated heterocycles. The lowest BCUT2D eigenvalue weighted by Crippen LogP contribution is -2.09.